The molecule has 6 heteroatoms. The van der Waals surface area contributed by atoms with Gasteiger partial charge in [-0.3, -0.25) is 9.69 Å². The van der Waals surface area contributed by atoms with Crippen LogP contribution in [0.15, 0.2) is 24.3 Å². The molecule has 1 N–H and O–H groups in total. The van der Waals surface area contributed by atoms with Crippen LogP contribution < -0.4 is 0 Å². The standard InChI is InChI=1S/C20H29FN2O2S/c21-17-5-3-16(4-6-17)15-26-13-9-20(25)22-11-7-18(8-12-22)23-10-1-2-19(24)14-23/h3-6,18-19,24H,1-2,7-15H2. The number of β-amino-alcohol motifs (C(OH)–C–C–N with tert-alkyl or cyclic N) is 1. The minimum atomic E-state index is -0.212. The number of thioether (sulfide) groups is 1. The third-order valence-electron chi connectivity index (χ3n) is 5.40. The monoisotopic (exact) mass is 380 g/mol. The second kappa shape index (κ2) is 9.72. The summed E-state index contributed by atoms with van der Waals surface area (Å²) < 4.78 is 12.9. The molecule has 2 aliphatic rings. The van der Waals surface area contributed by atoms with Crippen LogP contribution in [0.4, 0.5) is 4.39 Å². The molecule has 0 aromatic heterocycles. The van der Waals surface area contributed by atoms with Gasteiger partial charge in [-0.25, -0.2) is 4.39 Å². The molecular weight excluding hydrogens is 351 g/mol. The van der Waals surface area contributed by atoms with E-state index in [4.69, 9.17) is 0 Å². The zero-order valence-electron chi connectivity index (χ0n) is 15.3. The summed E-state index contributed by atoms with van der Waals surface area (Å²) in [5.41, 5.74) is 1.09. The van der Waals surface area contributed by atoms with Gasteiger partial charge in [-0.1, -0.05) is 12.1 Å². The molecule has 1 aromatic rings. The predicted octanol–water partition coefficient (Wildman–Crippen LogP) is 2.90. The SMILES string of the molecule is O=C(CCSCc1ccc(F)cc1)N1CCC(N2CCCC(O)C2)CC1. The second-order valence-corrected chi connectivity index (χ2v) is 8.44. The summed E-state index contributed by atoms with van der Waals surface area (Å²) in [7, 11) is 0. The lowest BCUT2D eigenvalue weighted by Crippen LogP contribution is -2.50. The highest BCUT2D eigenvalue weighted by molar-refractivity contribution is 7.98. The molecule has 26 heavy (non-hydrogen) atoms. The number of carbonyl (C=O) groups is 1. The Morgan fingerprint density at radius 3 is 2.58 bits per heavy atom. The number of likely N-dealkylation sites (tertiary alicyclic amines) is 2. The highest BCUT2D eigenvalue weighted by atomic mass is 32.2. The zero-order chi connectivity index (χ0) is 18.4. The van der Waals surface area contributed by atoms with Gasteiger partial charge in [0, 0.05) is 43.6 Å². The van der Waals surface area contributed by atoms with Crippen LogP contribution in [-0.4, -0.2) is 64.9 Å². The summed E-state index contributed by atoms with van der Waals surface area (Å²) in [6, 6.07) is 7.07. The number of nitrogens with zero attached hydrogens (tertiary/aromatic N) is 2. The van der Waals surface area contributed by atoms with Crippen LogP contribution in [0.3, 0.4) is 0 Å². The summed E-state index contributed by atoms with van der Waals surface area (Å²) in [4.78, 5) is 16.8. The first-order valence-electron chi connectivity index (χ1n) is 9.64. The van der Waals surface area contributed by atoms with E-state index in [1.54, 1.807) is 23.9 Å². The Hall–Kier alpha value is -1.11. The fraction of sp³-hybridized carbons (Fsp3) is 0.650. The number of hydrogen-bond donors (Lipinski definition) is 1. The molecule has 2 saturated heterocycles. The van der Waals surface area contributed by atoms with E-state index in [0.29, 0.717) is 12.5 Å². The van der Waals surface area contributed by atoms with E-state index < -0.39 is 0 Å². The lowest BCUT2D eigenvalue weighted by molar-refractivity contribution is -0.132. The van der Waals surface area contributed by atoms with Crippen LogP contribution in [0.25, 0.3) is 0 Å². The van der Waals surface area contributed by atoms with Crippen molar-refractivity contribution < 1.29 is 14.3 Å². The molecule has 1 atom stereocenters. The smallest absolute Gasteiger partial charge is 0.223 e. The van der Waals surface area contributed by atoms with Crippen molar-refractivity contribution in [2.24, 2.45) is 0 Å². The molecule has 1 unspecified atom stereocenters. The predicted molar refractivity (Wildman–Crippen MR) is 104 cm³/mol. The van der Waals surface area contributed by atoms with Gasteiger partial charge < -0.3 is 10.0 Å². The number of rotatable bonds is 6. The molecule has 3 rings (SSSR count). The third kappa shape index (κ3) is 5.69. The maximum absolute atomic E-state index is 12.9. The van der Waals surface area contributed by atoms with E-state index in [1.807, 2.05) is 4.90 Å². The highest BCUT2D eigenvalue weighted by Gasteiger charge is 2.29. The number of hydrogen-bond acceptors (Lipinski definition) is 4. The summed E-state index contributed by atoms with van der Waals surface area (Å²) in [6.45, 7) is 3.53. The lowest BCUT2D eigenvalue weighted by atomic mass is 9.99. The van der Waals surface area contributed by atoms with Crippen molar-refractivity contribution in [2.75, 3.05) is 31.9 Å². The van der Waals surface area contributed by atoms with Crippen LogP contribution in [0.1, 0.15) is 37.7 Å². The maximum Gasteiger partial charge on any atom is 0.223 e. The van der Waals surface area contributed by atoms with Crippen LogP contribution in [0.2, 0.25) is 0 Å². The lowest BCUT2D eigenvalue weighted by Gasteiger charge is -2.41. The Kier molecular flexibility index (Phi) is 7.34. The topological polar surface area (TPSA) is 43.8 Å². The first-order chi connectivity index (χ1) is 12.6. The Bertz CT molecular complexity index is 576. The molecule has 2 heterocycles. The Morgan fingerprint density at radius 2 is 1.88 bits per heavy atom. The van der Waals surface area contributed by atoms with Crippen LogP contribution in [0.5, 0.6) is 0 Å². The second-order valence-electron chi connectivity index (χ2n) is 7.33. The number of halogens is 1. The number of amides is 1. The van der Waals surface area contributed by atoms with Gasteiger partial charge in [0.15, 0.2) is 0 Å². The Balaban J connectivity index is 1.32. The fourth-order valence-electron chi connectivity index (χ4n) is 3.88. The van der Waals surface area contributed by atoms with Gasteiger partial charge in [0.1, 0.15) is 5.82 Å². The van der Waals surface area contributed by atoms with E-state index in [9.17, 15) is 14.3 Å². The molecule has 4 nitrogen and oxygen atoms in total. The molecule has 0 aliphatic carbocycles. The van der Waals surface area contributed by atoms with E-state index >= 15 is 0 Å². The van der Waals surface area contributed by atoms with Crippen molar-refractivity contribution in [2.45, 2.75) is 50.0 Å². The third-order valence-corrected chi connectivity index (χ3v) is 6.43. The molecule has 144 valence electrons. The Labute approximate surface area is 159 Å². The number of aliphatic hydroxyl groups excluding tert-OH is 1. The molecule has 0 spiro atoms. The average molecular weight is 381 g/mol. The van der Waals surface area contributed by atoms with Crippen LogP contribution in [-0.2, 0) is 10.5 Å². The van der Waals surface area contributed by atoms with Gasteiger partial charge in [0.05, 0.1) is 6.10 Å². The minimum absolute atomic E-state index is 0.179. The summed E-state index contributed by atoms with van der Waals surface area (Å²) >= 11 is 1.72. The minimum Gasteiger partial charge on any atom is -0.392 e. The van der Waals surface area contributed by atoms with Crippen molar-refractivity contribution in [3.63, 3.8) is 0 Å². The molecule has 0 bridgehead atoms. The normalized spacial score (nSPS) is 22.5. The van der Waals surface area contributed by atoms with Gasteiger partial charge in [-0.15, -0.1) is 0 Å². The van der Waals surface area contributed by atoms with Crippen molar-refractivity contribution >= 4 is 17.7 Å². The molecular formula is C20H29FN2O2S. The molecule has 0 radical (unpaired) electrons. The molecule has 2 fully saturated rings. The number of benzene rings is 1. The van der Waals surface area contributed by atoms with Crippen LogP contribution >= 0.6 is 11.8 Å². The number of carbonyl (C=O) groups excluding carboxylic acids is 1. The summed E-state index contributed by atoms with van der Waals surface area (Å²) in [5, 5.41) is 9.84. The molecule has 2 aliphatic heterocycles. The zero-order valence-corrected chi connectivity index (χ0v) is 16.1. The van der Waals surface area contributed by atoms with E-state index in [0.717, 1.165) is 68.9 Å². The van der Waals surface area contributed by atoms with Crippen molar-refractivity contribution in [1.29, 1.82) is 0 Å². The largest absolute Gasteiger partial charge is 0.392 e. The van der Waals surface area contributed by atoms with Gasteiger partial charge in [0.25, 0.3) is 0 Å². The summed E-state index contributed by atoms with van der Waals surface area (Å²) in [6.07, 6.45) is 4.41. The number of aliphatic hydroxyl groups is 1. The first-order valence-corrected chi connectivity index (χ1v) is 10.8. The fourth-order valence-corrected chi connectivity index (χ4v) is 4.78. The molecule has 0 saturated carbocycles. The van der Waals surface area contributed by atoms with Crippen LogP contribution in [0, 0.1) is 5.82 Å². The van der Waals surface area contributed by atoms with Gasteiger partial charge in [0.2, 0.25) is 5.91 Å². The van der Waals surface area contributed by atoms with Gasteiger partial charge >= 0.3 is 0 Å². The van der Waals surface area contributed by atoms with E-state index in [1.165, 1.54) is 12.1 Å². The molecule has 1 aromatic carbocycles. The van der Waals surface area contributed by atoms with Gasteiger partial charge in [-0.2, -0.15) is 11.8 Å². The van der Waals surface area contributed by atoms with Crippen molar-refractivity contribution in [3.05, 3.63) is 35.6 Å². The van der Waals surface area contributed by atoms with Crippen molar-refractivity contribution in [3.8, 4) is 0 Å². The first kappa shape index (κ1) is 19.6. The average Bonchev–Trinajstić information content (AvgIpc) is 2.66. The Morgan fingerprint density at radius 1 is 1.15 bits per heavy atom. The van der Waals surface area contributed by atoms with Crippen molar-refractivity contribution in [1.82, 2.24) is 9.80 Å². The maximum atomic E-state index is 12.9. The number of piperidine rings is 2. The van der Waals surface area contributed by atoms with E-state index in [-0.39, 0.29) is 17.8 Å². The quantitative estimate of drug-likeness (QED) is 0.771. The summed E-state index contributed by atoms with van der Waals surface area (Å²) in [5.74, 6) is 1.65. The highest BCUT2D eigenvalue weighted by Crippen LogP contribution is 2.22. The molecule has 1 amide bonds. The van der Waals surface area contributed by atoms with Gasteiger partial charge in [-0.05, 0) is 49.9 Å². The van der Waals surface area contributed by atoms with E-state index in [2.05, 4.69) is 4.90 Å².